The fourth-order valence-electron chi connectivity index (χ4n) is 1.94. The number of rotatable bonds is 3. The van der Waals surface area contributed by atoms with E-state index in [1.165, 1.54) is 30.3 Å². The van der Waals surface area contributed by atoms with Crippen molar-refractivity contribution in [1.82, 2.24) is 0 Å². The van der Waals surface area contributed by atoms with Gasteiger partial charge in [0.05, 0.1) is 0 Å². The van der Waals surface area contributed by atoms with Gasteiger partial charge >= 0.3 is 0 Å². The molecular weight excluding hydrogens is 281 g/mol. The van der Waals surface area contributed by atoms with Gasteiger partial charge in [0.15, 0.2) is 0 Å². The molecule has 0 unspecified atom stereocenters. The van der Waals surface area contributed by atoms with Crippen molar-refractivity contribution in [2.45, 2.75) is 19.8 Å². The van der Waals surface area contributed by atoms with Crippen molar-refractivity contribution in [3.8, 4) is 11.1 Å². The first-order valence-corrected chi connectivity index (χ1v) is 6.35. The summed E-state index contributed by atoms with van der Waals surface area (Å²) in [4.78, 5) is 8.36. The Hall–Kier alpha value is -2.30. The molecule has 0 aliphatic carbocycles. The maximum Gasteiger partial charge on any atom is 0.290 e. The van der Waals surface area contributed by atoms with Crippen LogP contribution in [0.5, 0.6) is 0 Å². The number of benzene rings is 2. The molecule has 0 radical (unpaired) electrons. The van der Waals surface area contributed by atoms with Crippen LogP contribution in [-0.4, -0.2) is 11.6 Å². The first-order valence-electron chi connectivity index (χ1n) is 6.35. The second-order valence-corrected chi connectivity index (χ2v) is 4.25. The number of hydrogen-bond donors (Lipinski definition) is 1. The first-order chi connectivity index (χ1) is 10.0. The van der Waals surface area contributed by atoms with Gasteiger partial charge in [-0.3, -0.25) is 4.79 Å². The molecule has 1 N–H and O–H groups in total. The summed E-state index contributed by atoms with van der Waals surface area (Å²) in [5, 5.41) is 6.89. The SMILES string of the molecule is CCCc1c(F)cc(-c2ccccc2F)cc1F.O=CO. The lowest BCUT2D eigenvalue weighted by Crippen LogP contribution is -1.97. The van der Waals surface area contributed by atoms with Crippen LogP contribution in [0.15, 0.2) is 36.4 Å². The van der Waals surface area contributed by atoms with Crippen LogP contribution in [0.25, 0.3) is 11.1 Å². The van der Waals surface area contributed by atoms with E-state index in [0.717, 1.165) is 0 Å². The lowest BCUT2D eigenvalue weighted by Gasteiger charge is -2.08. The lowest BCUT2D eigenvalue weighted by molar-refractivity contribution is -0.122. The highest BCUT2D eigenvalue weighted by Gasteiger charge is 2.13. The van der Waals surface area contributed by atoms with E-state index in [1.54, 1.807) is 6.07 Å². The minimum absolute atomic E-state index is 0.0672. The molecule has 0 saturated carbocycles. The predicted molar refractivity (Wildman–Crippen MR) is 74.4 cm³/mol. The smallest absolute Gasteiger partial charge is 0.290 e. The molecule has 0 atom stereocenters. The van der Waals surface area contributed by atoms with Gasteiger partial charge < -0.3 is 5.11 Å². The molecule has 21 heavy (non-hydrogen) atoms. The normalized spacial score (nSPS) is 9.71. The second kappa shape index (κ2) is 8.09. The van der Waals surface area contributed by atoms with E-state index in [1.807, 2.05) is 6.92 Å². The molecule has 112 valence electrons. The number of carbonyl (C=O) groups is 1. The van der Waals surface area contributed by atoms with Crippen LogP contribution in [-0.2, 0) is 11.2 Å². The fourth-order valence-corrected chi connectivity index (χ4v) is 1.94. The highest BCUT2D eigenvalue weighted by molar-refractivity contribution is 5.64. The highest BCUT2D eigenvalue weighted by Crippen LogP contribution is 2.27. The fraction of sp³-hybridized carbons (Fsp3) is 0.188. The van der Waals surface area contributed by atoms with Gasteiger partial charge in [-0.2, -0.15) is 0 Å². The number of halogens is 3. The van der Waals surface area contributed by atoms with E-state index in [4.69, 9.17) is 9.90 Å². The van der Waals surface area contributed by atoms with Crippen LogP contribution >= 0.6 is 0 Å². The molecular formula is C16H15F3O2. The molecule has 0 heterocycles. The minimum atomic E-state index is -0.616. The molecule has 0 aliphatic heterocycles. The molecule has 0 amide bonds. The van der Waals surface area contributed by atoms with Crippen molar-refractivity contribution in [2.24, 2.45) is 0 Å². The largest absolute Gasteiger partial charge is 0.483 e. The van der Waals surface area contributed by atoms with Crippen LogP contribution in [0.4, 0.5) is 13.2 Å². The van der Waals surface area contributed by atoms with Crippen molar-refractivity contribution >= 4 is 6.47 Å². The summed E-state index contributed by atoms with van der Waals surface area (Å²) in [7, 11) is 0. The Morgan fingerprint density at radius 3 is 2.05 bits per heavy atom. The lowest BCUT2D eigenvalue weighted by atomic mass is 10.0. The maximum atomic E-state index is 13.8. The molecule has 0 spiro atoms. The minimum Gasteiger partial charge on any atom is -0.483 e. The van der Waals surface area contributed by atoms with Gasteiger partial charge in [0, 0.05) is 11.1 Å². The molecule has 2 aromatic rings. The van der Waals surface area contributed by atoms with Gasteiger partial charge in [0.2, 0.25) is 0 Å². The average molecular weight is 296 g/mol. The summed E-state index contributed by atoms with van der Waals surface area (Å²) in [6.07, 6.45) is 1.00. The van der Waals surface area contributed by atoms with E-state index in [0.29, 0.717) is 12.8 Å². The number of hydrogen-bond acceptors (Lipinski definition) is 1. The Morgan fingerprint density at radius 2 is 1.57 bits per heavy atom. The van der Waals surface area contributed by atoms with Crippen LogP contribution < -0.4 is 0 Å². The maximum absolute atomic E-state index is 13.8. The Balaban J connectivity index is 0.000000677. The first kappa shape index (κ1) is 16.8. The zero-order valence-corrected chi connectivity index (χ0v) is 11.4. The van der Waals surface area contributed by atoms with Crippen LogP contribution in [0, 0.1) is 17.5 Å². The molecule has 0 bridgehead atoms. The zero-order chi connectivity index (χ0) is 15.8. The summed E-state index contributed by atoms with van der Waals surface area (Å²) < 4.78 is 41.0. The van der Waals surface area contributed by atoms with Crippen LogP contribution in [0.3, 0.4) is 0 Å². The monoisotopic (exact) mass is 296 g/mol. The van der Waals surface area contributed by atoms with Gasteiger partial charge in [-0.15, -0.1) is 0 Å². The zero-order valence-electron chi connectivity index (χ0n) is 11.4. The van der Waals surface area contributed by atoms with E-state index in [9.17, 15) is 13.2 Å². The molecule has 2 nitrogen and oxygen atoms in total. The van der Waals surface area contributed by atoms with E-state index >= 15 is 0 Å². The summed E-state index contributed by atoms with van der Waals surface area (Å²) in [6, 6.07) is 8.32. The van der Waals surface area contributed by atoms with Gasteiger partial charge in [0.1, 0.15) is 17.5 Å². The van der Waals surface area contributed by atoms with Crippen molar-refractivity contribution in [3.63, 3.8) is 0 Å². The van der Waals surface area contributed by atoms with Crippen LogP contribution in [0.1, 0.15) is 18.9 Å². The quantitative estimate of drug-likeness (QED) is 0.851. The average Bonchev–Trinajstić information content (AvgIpc) is 2.44. The Morgan fingerprint density at radius 1 is 1.05 bits per heavy atom. The third kappa shape index (κ3) is 4.34. The van der Waals surface area contributed by atoms with Crippen molar-refractivity contribution in [1.29, 1.82) is 0 Å². The highest BCUT2D eigenvalue weighted by atomic mass is 19.1. The van der Waals surface area contributed by atoms with E-state index in [2.05, 4.69) is 0 Å². The van der Waals surface area contributed by atoms with Crippen molar-refractivity contribution in [2.75, 3.05) is 0 Å². The van der Waals surface area contributed by atoms with Crippen molar-refractivity contribution < 1.29 is 23.1 Å². The predicted octanol–water partition coefficient (Wildman–Crippen LogP) is 4.42. The third-order valence-corrected chi connectivity index (χ3v) is 2.83. The standard InChI is InChI=1S/C15H13F3.CH2O2/c1-2-5-12-14(17)8-10(9-15(12)18)11-6-3-4-7-13(11)16;2-1-3/h3-4,6-9H,2,5H2,1H3;1H,(H,2,3). The molecule has 2 rings (SSSR count). The Labute approximate surface area is 120 Å². The molecule has 2 aromatic carbocycles. The molecule has 0 fully saturated rings. The molecule has 0 aromatic heterocycles. The van der Waals surface area contributed by atoms with Gasteiger partial charge in [0.25, 0.3) is 6.47 Å². The Kier molecular flexibility index (Phi) is 6.46. The van der Waals surface area contributed by atoms with E-state index < -0.39 is 17.5 Å². The van der Waals surface area contributed by atoms with Gasteiger partial charge in [-0.25, -0.2) is 13.2 Å². The number of carboxylic acid groups (broad SMARTS) is 1. The van der Waals surface area contributed by atoms with Crippen molar-refractivity contribution in [3.05, 3.63) is 59.4 Å². The summed E-state index contributed by atoms with van der Waals surface area (Å²) in [5.74, 6) is -1.72. The molecule has 0 aliphatic rings. The van der Waals surface area contributed by atoms with Crippen LogP contribution in [0.2, 0.25) is 0 Å². The second-order valence-electron chi connectivity index (χ2n) is 4.25. The Bertz CT molecular complexity index is 589. The summed E-state index contributed by atoms with van der Waals surface area (Å²) in [6.45, 7) is 1.60. The summed E-state index contributed by atoms with van der Waals surface area (Å²) in [5.41, 5.74) is 0.499. The molecule has 5 heteroatoms. The van der Waals surface area contributed by atoms with Gasteiger partial charge in [-0.05, 0) is 30.2 Å². The third-order valence-electron chi connectivity index (χ3n) is 2.83. The van der Waals surface area contributed by atoms with E-state index in [-0.39, 0.29) is 23.2 Å². The summed E-state index contributed by atoms with van der Waals surface area (Å²) >= 11 is 0. The van der Waals surface area contributed by atoms with Gasteiger partial charge in [-0.1, -0.05) is 31.5 Å². The molecule has 0 saturated heterocycles. The topological polar surface area (TPSA) is 37.3 Å².